The minimum atomic E-state index is -0.845. The van der Waals surface area contributed by atoms with Gasteiger partial charge in [0.15, 0.2) is 6.61 Å². The van der Waals surface area contributed by atoms with Crippen molar-refractivity contribution < 1.29 is 19.1 Å². The molecule has 0 bridgehead atoms. The Bertz CT molecular complexity index is 881. The summed E-state index contributed by atoms with van der Waals surface area (Å²) < 4.78 is 5.07. The number of nitrogens with two attached hydrogens (primary N) is 2. The smallest absolute Gasteiger partial charge is 0.344 e. The Morgan fingerprint density at radius 2 is 1.83 bits per heavy atom. The average Bonchev–Trinajstić information content (AvgIpc) is 2.64. The second-order valence-electron chi connectivity index (χ2n) is 7.66. The molecule has 0 unspecified atom stereocenters. The van der Waals surface area contributed by atoms with Crippen LogP contribution in [0, 0.1) is 5.41 Å². The van der Waals surface area contributed by atoms with Crippen LogP contribution in [0.3, 0.4) is 0 Å². The number of allylic oxidation sites excluding steroid dienone is 1. The molecule has 5 N–H and O–H groups in total. The van der Waals surface area contributed by atoms with Crippen molar-refractivity contribution in [3.05, 3.63) is 45.6 Å². The Balaban J connectivity index is 2.89. The minimum Gasteiger partial charge on any atom is -0.454 e. The van der Waals surface area contributed by atoms with Gasteiger partial charge < -0.3 is 21.5 Å². The summed E-state index contributed by atoms with van der Waals surface area (Å²) in [5.74, 6) is -1.52. The summed E-state index contributed by atoms with van der Waals surface area (Å²) in [6.45, 7) is 8.70. The van der Waals surface area contributed by atoms with Crippen LogP contribution in [0.2, 0.25) is 5.02 Å². The van der Waals surface area contributed by atoms with E-state index in [1.165, 1.54) is 6.92 Å². The van der Waals surface area contributed by atoms with Crippen LogP contribution in [0.25, 0.3) is 0 Å². The first-order chi connectivity index (χ1) is 13.9. The zero-order chi connectivity index (χ0) is 23.1. The van der Waals surface area contributed by atoms with E-state index in [0.29, 0.717) is 12.1 Å². The van der Waals surface area contributed by atoms with Crippen LogP contribution in [0.5, 0.6) is 0 Å². The molecule has 9 heteroatoms. The van der Waals surface area contributed by atoms with Crippen LogP contribution in [0.1, 0.15) is 50.5 Å². The number of Topliss-reactive ketones (excluding diaryl/α,β-unsaturated/α-hetero) is 1. The third-order valence-corrected chi connectivity index (χ3v) is 4.31. The molecule has 0 aliphatic rings. The van der Waals surface area contributed by atoms with Gasteiger partial charge in [0.2, 0.25) is 11.7 Å². The number of carbonyl (C=O) groups is 3. The van der Waals surface area contributed by atoms with Crippen molar-refractivity contribution in [2.45, 2.75) is 41.2 Å². The molecule has 1 rings (SSSR count). The van der Waals surface area contributed by atoms with Gasteiger partial charge in [0, 0.05) is 29.8 Å². The number of amides is 1. The first-order valence-corrected chi connectivity index (χ1v) is 9.80. The second kappa shape index (κ2) is 10.8. The van der Waals surface area contributed by atoms with E-state index in [0.717, 1.165) is 0 Å². The van der Waals surface area contributed by atoms with E-state index in [4.69, 9.17) is 27.8 Å². The summed E-state index contributed by atoms with van der Waals surface area (Å²) in [7, 11) is 0. The van der Waals surface area contributed by atoms with E-state index in [-0.39, 0.29) is 40.1 Å². The van der Waals surface area contributed by atoms with Crippen LogP contribution in [0.15, 0.2) is 34.5 Å². The first-order valence-electron chi connectivity index (χ1n) is 9.42. The molecule has 164 valence electrons. The predicted molar refractivity (Wildman–Crippen MR) is 117 cm³/mol. The molecule has 1 aromatic carbocycles. The Morgan fingerprint density at radius 1 is 1.20 bits per heavy atom. The van der Waals surface area contributed by atoms with Crippen molar-refractivity contribution in [1.82, 2.24) is 5.32 Å². The molecule has 0 aliphatic heterocycles. The van der Waals surface area contributed by atoms with E-state index in [1.807, 2.05) is 0 Å². The molecular weight excluding hydrogens is 408 g/mol. The zero-order valence-electron chi connectivity index (χ0n) is 18.0. The predicted octanol–water partition coefficient (Wildman–Crippen LogP) is 2.34. The summed E-state index contributed by atoms with van der Waals surface area (Å²) in [4.78, 5) is 40.8. The quantitative estimate of drug-likeness (QED) is 0.188. The van der Waals surface area contributed by atoms with E-state index in [1.54, 1.807) is 45.9 Å². The number of hydrogen-bond donors (Lipinski definition) is 3. The average molecular weight is 437 g/mol. The molecule has 1 aromatic rings. The van der Waals surface area contributed by atoms with Crippen molar-refractivity contribution in [3.8, 4) is 0 Å². The van der Waals surface area contributed by atoms with E-state index < -0.39 is 23.8 Å². The Labute approximate surface area is 181 Å². The van der Waals surface area contributed by atoms with E-state index in [2.05, 4.69) is 10.3 Å². The van der Waals surface area contributed by atoms with Crippen molar-refractivity contribution in [2.24, 2.45) is 21.9 Å². The van der Waals surface area contributed by atoms with Crippen molar-refractivity contribution in [3.63, 3.8) is 0 Å². The van der Waals surface area contributed by atoms with E-state index >= 15 is 0 Å². The molecule has 0 saturated carbocycles. The number of aliphatic imine (C=N–C) groups is 1. The molecule has 8 nitrogen and oxygen atoms in total. The number of carbonyl (C=O) groups excluding carboxylic acids is 3. The zero-order valence-corrected chi connectivity index (χ0v) is 18.7. The van der Waals surface area contributed by atoms with Crippen molar-refractivity contribution in [1.29, 1.82) is 0 Å². The maximum absolute atomic E-state index is 12.5. The van der Waals surface area contributed by atoms with Gasteiger partial charge in [-0.05, 0) is 31.5 Å². The normalized spacial score (nSPS) is 12.8. The highest BCUT2D eigenvalue weighted by Gasteiger charge is 2.22. The van der Waals surface area contributed by atoms with Gasteiger partial charge in [-0.2, -0.15) is 0 Å². The van der Waals surface area contributed by atoms with Gasteiger partial charge in [-0.1, -0.05) is 38.4 Å². The molecule has 0 heterocycles. The van der Waals surface area contributed by atoms with Crippen LogP contribution >= 0.6 is 11.6 Å². The fourth-order valence-electron chi connectivity index (χ4n) is 2.34. The Morgan fingerprint density at radius 3 is 2.37 bits per heavy atom. The van der Waals surface area contributed by atoms with Gasteiger partial charge in [0.05, 0.1) is 5.02 Å². The highest BCUT2D eigenvalue weighted by atomic mass is 35.5. The van der Waals surface area contributed by atoms with Gasteiger partial charge in [-0.25, -0.2) is 4.79 Å². The SMILES string of the molecule is CCN=C(N)C(C(=O)OCC(=O)c1cc(CNC(=O)C(C)(C)C)ccc1Cl)=C(C)N. The molecule has 30 heavy (non-hydrogen) atoms. The number of amidine groups is 1. The van der Waals surface area contributed by atoms with Gasteiger partial charge >= 0.3 is 5.97 Å². The lowest BCUT2D eigenvalue weighted by atomic mass is 9.95. The Hall–Kier alpha value is -2.87. The highest BCUT2D eigenvalue weighted by molar-refractivity contribution is 6.34. The van der Waals surface area contributed by atoms with E-state index in [9.17, 15) is 14.4 Å². The molecule has 0 fully saturated rings. The summed E-state index contributed by atoms with van der Waals surface area (Å²) in [5.41, 5.74) is 11.8. The number of esters is 1. The number of ketones is 1. The topological polar surface area (TPSA) is 137 Å². The molecule has 0 radical (unpaired) electrons. The minimum absolute atomic E-state index is 0.0513. The molecule has 0 aliphatic carbocycles. The maximum Gasteiger partial charge on any atom is 0.344 e. The summed E-state index contributed by atoms with van der Waals surface area (Å²) in [5, 5.41) is 3.01. The molecule has 1 amide bonds. The monoisotopic (exact) mass is 436 g/mol. The van der Waals surface area contributed by atoms with Crippen molar-refractivity contribution >= 4 is 35.1 Å². The van der Waals surface area contributed by atoms with Gasteiger partial charge in [0.25, 0.3) is 0 Å². The van der Waals surface area contributed by atoms with Crippen LogP contribution in [-0.4, -0.2) is 36.6 Å². The summed E-state index contributed by atoms with van der Waals surface area (Å²) in [6.07, 6.45) is 0. The number of nitrogens with one attached hydrogen (secondary N) is 1. The molecular formula is C21H29ClN4O4. The molecule has 0 spiro atoms. The molecule has 0 saturated heterocycles. The summed E-state index contributed by atoms with van der Waals surface area (Å²) >= 11 is 6.13. The lowest BCUT2D eigenvalue weighted by molar-refractivity contribution is -0.137. The van der Waals surface area contributed by atoms with Crippen LogP contribution < -0.4 is 16.8 Å². The number of nitrogens with zero attached hydrogens (tertiary/aromatic N) is 1. The number of rotatable bonds is 8. The number of halogens is 1. The maximum atomic E-state index is 12.5. The largest absolute Gasteiger partial charge is 0.454 e. The number of hydrogen-bond acceptors (Lipinski definition) is 6. The van der Waals surface area contributed by atoms with Gasteiger partial charge in [0.1, 0.15) is 11.4 Å². The van der Waals surface area contributed by atoms with Crippen LogP contribution in [0.4, 0.5) is 0 Å². The Kier molecular flexibility index (Phi) is 9.04. The number of ether oxygens (including phenoxy) is 1. The fourth-order valence-corrected chi connectivity index (χ4v) is 2.56. The third-order valence-electron chi connectivity index (χ3n) is 3.98. The number of benzene rings is 1. The fraction of sp³-hybridized carbons (Fsp3) is 0.429. The van der Waals surface area contributed by atoms with Gasteiger partial charge in [-0.15, -0.1) is 0 Å². The van der Waals surface area contributed by atoms with Crippen LogP contribution in [-0.2, 0) is 20.9 Å². The first kappa shape index (κ1) is 25.2. The summed E-state index contributed by atoms with van der Waals surface area (Å²) in [6, 6.07) is 4.81. The van der Waals surface area contributed by atoms with Crippen molar-refractivity contribution in [2.75, 3.05) is 13.2 Å². The highest BCUT2D eigenvalue weighted by Crippen LogP contribution is 2.19. The molecule has 0 atom stereocenters. The lowest BCUT2D eigenvalue weighted by Crippen LogP contribution is -2.34. The third kappa shape index (κ3) is 7.18. The molecule has 0 aromatic heterocycles. The van der Waals surface area contributed by atoms with Gasteiger partial charge in [-0.3, -0.25) is 14.6 Å². The second-order valence-corrected chi connectivity index (χ2v) is 8.07. The standard InChI is InChI=1S/C21H29ClN4O4/c1-6-25-18(24)17(12(2)23)19(28)30-11-16(27)14-9-13(7-8-15(14)22)10-26-20(29)21(3,4)5/h7-9H,6,10-11,23H2,1-5H3,(H2,24,25)(H,26,29). The lowest BCUT2D eigenvalue weighted by Gasteiger charge is -2.18.